The minimum absolute atomic E-state index is 0.295. The third-order valence-corrected chi connectivity index (χ3v) is 3.33. The van der Waals surface area contributed by atoms with Crippen LogP contribution in [0, 0.1) is 5.82 Å². The Bertz CT molecular complexity index is 607. The van der Waals surface area contributed by atoms with Gasteiger partial charge in [0, 0.05) is 11.5 Å². The summed E-state index contributed by atoms with van der Waals surface area (Å²) in [5.74, 6) is 1.25. The summed E-state index contributed by atoms with van der Waals surface area (Å²) >= 11 is 0. The van der Waals surface area contributed by atoms with Crippen molar-refractivity contribution in [1.82, 2.24) is 15.0 Å². The van der Waals surface area contributed by atoms with Crippen LogP contribution in [0.5, 0.6) is 5.75 Å². The van der Waals surface area contributed by atoms with Crippen LogP contribution in [0.3, 0.4) is 0 Å². The van der Waals surface area contributed by atoms with Gasteiger partial charge in [-0.25, -0.2) is 9.07 Å². The molecule has 100 valence electrons. The quantitative estimate of drug-likeness (QED) is 0.914. The summed E-state index contributed by atoms with van der Waals surface area (Å²) < 4.78 is 20.3. The molecule has 1 aromatic heterocycles. The predicted octanol–water partition coefficient (Wildman–Crippen LogP) is 1.93. The van der Waals surface area contributed by atoms with Gasteiger partial charge in [-0.1, -0.05) is 5.21 Å². The number of anilines is 1. The van der Waals surface area contributed by atoms with E-state index in [1.54, 1.807) is 17.9 Å². The van der Waals surface area contributed by atoms with Crippen LogP contribution >= 0.6 is 0 Å². The van der Waals surface area contributed by atoms with Gasteiger partial charge < -0.3 is 10.5 Å². The van der Waals surface area contributed by atoms with E-state index in [0.29, 0.717) is 24.0 Å². The number of halogens is 1. The lowest BCUT2D eigenvalue weighted by molar-refractivity contribution is 0.405. The molecule has 1 aromatic carbocycles. The number of aromatic nitrogens is 3. The van der Waals surface area contributed by atoms with Gasteiger partial charge in [-0.2, -0.15) is 0 Å². The third kappa shape index (κ3) is 2.25. The van der Waals surface area contributed by atoms with Crippen molar-refractivity contribution in [3.8, 4) is 5.75 Å². The van der Waals surface area contributed by atoms with E-state index in [0.717, 1.165) is 24.1 Å². The molecule has 3 rings (SSSR count). The molecule has 0 radical (unpaired) electrons. The predicted molar refractivity (Wildman–Crippen MR) is 68.5 cm³/mol. The van der Waals surface area contributed by atoms with Crippen LogP contribution in [0.25, 0.3) is 0 Å². The normalized spacial score (nSPS) is 14.6. The van der Waals surface area contributed by atoms with Crippen molar-refractivity contribution in [2.75, 3.05) is 12.8 Å². The second-order valence-corrected chi connectivity index (χ2v) is 4.75. The molecular formula is C13H15FN4O. The zero-order valence-electron chi connectivity index (χ0n) is 10.6. The lowest BCUT2D eigenvalue weighted by atomic mass is 10.2. The van der Waals surface area contributed by atoms with E-state index >= 15 is 0 Å². The fourth-order valence-electron chi connectivity index (χ4n) is 2.26. The van der Waals surface area contributed by atoms with Gasteiger partial charge in [0.25, 0.3) is 0 Å². The highest BCUT2D eigenvalue weighted by Gasteiger charge is 2.30. The van der Waals surface area contributed by atoms with Gasteiger partial charge >= 0.3 is 0 Å². The lowest BCUT2D eigenvalue weighted by Gasteiger charge is -2.10. The average molecular weight is 262 g/mol. The van der Waals surface area contributed by atoms with E-state index in [4.69, 9.17) is 10.5 Å². The van der Waals surface area contributed by atoms with E-state index in [-0.39, 0.29) is 5.82 Å². The number of benzene rings is 1. The third-order valence-electron chi connectivity index (χ3n) is 3.33. The molecule has 1 saturated carbocycles. The number of methoxy groups -OCH3 is 1. The Morgan fingerprint density at radius 1 is 1.47 bits per heavy atom. The standard InChI is InChI=1S/C13H15FN4O/c1-19-11-5-4-10(14)6-9(11)7-18-12(8-2-3-8)13(15)16-17-18/h4-6,8H,2-3,7,15H2,1H3. The summed E-state index contributed by atoms with van der Waals surface area (Å²) in [6.45, 7) is 0.414. The second-order valence-electron chi connectivity index (χ2n) is 4.75. The SMILES string of the molecule is COc1ccc(F)cc1Cn1nnc(N)c1C1CC1. The first-order valence-electron chi connectivity index (χ1n) is 6.20. The fourth-order valence-corrected chi connectivity index (χ4v) is 2.26. The van der Waals surface area contributed by atoms with Gasteiger partial charge in [0.2, 0.25) is 0 Å². The van der Waals surface area contributed by atoms with Gasteiger partial charge in [-0.05, 0) is 31.0 Å². The van der Waals surface area contributed by atoms with E-state index in [9.17, 15) is 4.39 Å². The van der Waals surface area contributed by atoms with E-state index < -0.39 is 0 Å². The summed E-state index contributed by atoms with van der Waals surface area (Å²) in [6.07, 6.45) is 2.22. The molecule has 1 aliphatic carbocycles. The molecule has 0 unspecified atom stereocenters. The first kappa shape index (κ1) is 12.0. The van der Waals surface area contributed by atoms with E-state index in [1.807, 2.05) is 0 Å². The highest BCUT2D eigenvalue weighted by Crippen LogP contribution is 2.42. The molecule has 5 nitrogen and oxygen atoms in total. The van der Waals surface area contributed by atoms with Crippen molar-refractivity contribution in [2.45, 2.75) is 25.3 Å². The van der Waals surface area contributed by atoms with Gasteiger partial charge in [-0.3, -0.25) is 0 Å². The molecule has 1 aliphatic rings. The molecule has 0 saturated heterocycles. The maximum Gasteiger partial charge on any atom is 0.169 e. The molecular weight excluding hydrogens is 247 g/mol. The van der Waals surface area contributed by atoms with Gasteiger partial charge in [0.05, 0.1) is 19.3 Å². The van der Waals surface area contributed by atoms with Crippen molar-refractivity contribution < 1.29 is 9.13 Å². The number of hydrogen-bond acceptors (Lipinski definition) is 4. The number of hydrogen-bond donors (Lipinski definition) is 1. The van der Waals surface area contributed by atoms with Crippen molar-refractivity contribution in [3.05, 3.63) is 35.3 Å². The van der Waals surface area contributed by atoms with Crippen LogP contribution in [-0.2, 0) is 6.54 Å². The minimum Gasteiger partial charge on any atom is -0.496 e. The van der Waals surface area contributed by atoms with Crippen molar-refractivity contribution >= 4 is 5.82 Å². The summed E-state index contributed by atoms with van der Waals surface area (Å²) in [5.41, 5.74) is 7.52. The smallest absolute Gasteiger partial charge is 0.169 e. The van der Waals surface area contributed by atoms with E-state index in [2.05, 4.69) is 10.3 Å². The maximum absolute atomic E-state index is 13.3. The molecule has 0 bridgehead atoms. The Morgan fingerprint density at radius 2 is 2.26 bits per heavy atom. The summed E-state index contributed by atoms with van der Waals surface area (Å²) in [6, 6.07) is 4.44. The van der Waals surface area contributed by atoms with Crippen molar-refractivity contribution in [3.63, 3.8) is 0 Å². The molecule has 0 aliphatic heterocycles. The first-order valence-corrected chi connectivity index (χ1v) is 6.20. The first-order chi connectivity index (χ1) is 9.19. The number of nitrogen functional groups attached to an aromatic ring is 1. The highest BCUT2D eigenvalue weighted by molar-refractivity contribution is 5.40. The Hall–Kier alpha value is -2.11. The Morgan fingerprint density at radius 3 is 2.95 bits per heavy atom. The molecule has 0 amide bonds. The lowest BCUT2D eigenvalue weighted by Crippen LogP contribution is -2.08. The molecule has 19 heavy (non-hydrogen) atoms. The molecule has 6 heteroatoms. The van der Waals surface area contributed by atoms with Crippen LogP contribution in [0.1, 0.15) is 30.0 Å². The maximum atomic E-state index is 13.3. The zero-order valence-corrected chi connectivity index (χ0v) is 10.6. The Labute approximate surface area is 110 Å². The van der Waals surface area contributed by atoms with Crippen molar-refractivity contribution in [2.24, 2.45) is 0 Å². The Kier molecular flexibility index (Phi) is 2.85. The highest BCUT2D eigenvalue weighted by atomic mass is 19.1. The molecule has 1 fully saturated rings. The molecule has 2 aromatic rings. The van der Waals surface area contributed by atoms with E-state index in [1.165, 1.54) is 12.1 Å². The largest absolute Gasteiger partial charge is 0.496 e. The van der Waals surface area contributed by atoms with Gasteiger partial charge in [-0.15, -0.1) is 5.10 Å². The summed E-state index contributed by atoms with van der Waals surface area (Å²) in [5, 5.41) is 7.95. The minimum atomic E-state index is -0.295. The topological polar surface area (TPSA) is 66.0 Å². The van der Waals surface area contributed by atoms with Crippen LogP contribution in [0.15, 0.2) is 18.2 Å². The Balaban J connectivity index is 1.95. The van der Waals surface area contributed by atoms with Crippen molar-refractivity contribution in [1.29, 1.82) is 0 Å². The van der Waals surface area contributed by atoms with Crippen LogP contribution in [0.2, 0.25) is 0 Å². The second kappa shape index (κ2) is 4.53. The molecule has 2 N–H and O–H groups in total. The van der Waals surface area contributed by atoms with Crippen LogP contribution < -0.4 is 10.5 Å². The monoisotopic (exact) mass is 262 g/mol. The number of rotatable bonds is 4. The van der Waals surface area contributed by atoms with Gasteiger partial charge in [0.15, 0.2) is 5.82 Å². The van der Waals surface area contributed by atoms with Crippen LogP contribution in [0.4, 0.5) is 10.2 Å². The number of nitrogens with zero attached hydrogens (tertiary/aromatic N) is 3. The molecule has 1 heterocycles. The number of ether oxygens (including phenoxy) is 1. The zero-order chi connectivity index (χ0) is 13.4. The fraction of sp³-hybridized carbons (Fsp3) is 0.385. The molecule has 0 spiro atoms. The summed E-state index contributed by atoms with van der Waals surface area (Å²) in [4.78, 5) is 0. The number of nitrogens with two attached hydrogens (primary N) is 1. The molecule has 0 atom stereocenters. The average Bonchev–Trinajstić information content (AvgIpc) is 3.15. The summed E-state index contributed by atoms with van der Waals surface area (Å²) in [7, 11) is 1.56. The van der Waals surface area contributed by atoms with Crippen LogP contribution in [-0.4, -0.2) is 22.1 Å². The van der Waals surface area contributed by atoms with Gasteiger partial charge in [0.1, 0.15) is 11.6 Å².